The van der Waals surface area contributed by atoms with Crippen molar-refractivity contribution in [3.8, 4) is 0 Å². The average Bonchev–Trinajstić information content (AvgIpc) is 3.15. The minimum Gasteiger partial charge on any atom is -0.381 e. The summed E-state index contributed by atoms with van der Waals surface area (Å²) in [6, 6.07) is 0.478. The number of ether oxygens (including phenoxy) is 1. The van der Waals surface area contributed by atoms with Gasteiger partial charge in [-0.1, -0.05) is 0 Å². The fourth-order valence-electron chi connectivity index (χ4n) is 3.91. The Labute approximate surface area is 129 Å². The summed E-state index contributed by atoms with van der Waals surface area (Å²) in [7, 11) is 1.72. The van der Waals surface area contributed by atoms with E-state index in [0.717, 1.165) is 38.2 Å². The Morgan fingerprint density at radius 1 is 1.50 bits per heavy atom. The Kier molecular flexibility index (Phi) is 3.37. The number of hydrogen-bond acceptors (Lipinski definition) is 6. The monoisotopic (exact) mass is 306 g/mol. The molecule has 2 saturated heterocycles. The predicted octanol–water partition coefficient (Wildman–Crippen LogP) is -0.407. The van der Waals surface area contributed by atoms with Gasteiger partial charge < -0.3 is 10.1 Å². The number of nitrogens with one attached hydrogen (secondary N) is 1. The molecule has 0 radical (unpaired) electrons. The summed E-state index contributed by atoms with van der Waals surface area (Å²) in [5, 5.41) is 14.9. The SMILES string of the molecule is CNC(=O)C12CCOCC1CN(Cc1nnnn1C1CC1)C2. The molecule has 1 amide bonds. The van der Waals surface area contributed by atoms with Crippen LogP contribution in [0.4, 0.5) is 0 Å². The Hall–Kier alpha value is -1.54. The summed E-state index contributed by atoms with van der Waals surface area (Å²) in [6.07, 6.45) is 3.12. The zero-order valence-corrected chi connectivity index (χ0v) is 12.9. The van der Waals surface area contributed by atoms with Gasteiger partial charge in [-0.2, -0.15) is 0 Å². The fourth-order valence-corrected chi connectivity index (χ4v) is 3.91. The molecule has 2 unspecified atom stereocenters. The molecule has 22 heavy (non-hydrogen) atoms. The highest BCUT2D eigenvalue weighted by Gasteiger charge is 2.53. The zero-order chi connectivity index (χ0) is 15.2. The van der Waals surface area contributed by atoms with E-state index in [0.29, 0.717) is 25.8 Å². The van der Waals surface area contributed by atoms with Crippen LogP contribution in [0.3, 0.4) is 0 Å². The van der Waals surface area contributed by atoms with Crippen LogP contribution in [0.5, 0.6) is 0 Å². The van der Waals surface area contributed by atoms with Gasteiger partial charge in [-0.15, -0.1) is 5.10 Å². The first kappa shape index (κ1) is 14.1. The van der Waals surface area contributed by atoms with Crippen LogP contribution in [0.25, 0.3) is 0 Å². The quantitative estimate of drug-likeness (QED) is 0.814. The lowest BCUT2D eigenvalue weighted by molar-refractivity contribution is -0.138. The summed E-state index contributed by atoms with van der Waals surface area (Å²) in [5.41, 5.74) is -0.315. The molecule has 3 aliphatic rings. The Bertz CT molecular complexity index is 571. The van der Waals surface area contributed by atoms with Crippen LogP contribution in [0, 0.1) is 11.3 Å². The molecule has 0 spiro atoms. The van der Waals surface area contributed by atoms with Crippen LogP contribution < -0.4 is 5.32 Å². The molecule has 1 saturated carbocycles. The van der Waals surface area contributed by atoms with Gasteiger partial charge in [-0.3, -0.25) is 9.69 Å². The van der Waals surface area contributed by atoms with Crippen molar-refractivity contribution >= 4 is 5.91 Å². The van der Waals surface area contributed by atoms with Crippen LogP contribution in [0.15, 0.2) is 0 Å². The second-order valence-electron chi connectivity index (χ2n) is 6.70. The number of tetrazole rings is 1. The minimum atomic E-state index is -0.315. The molecule has 8 heteroatoms. The second-order valence-corrected chi connectivity index (χ2v) is 6.70. The molecule has 1 aromatic heterocycles. The van der Waals surface area contributed by atoms with E-state index in [1.807, 2.05) is 4.68 Å². The van der Waals surface area contributed by atoms with E-state index >= 15 is 0 Å². The molecule has 1 N–H and O–H groups in total. The van der Waals surface area contributed by atoms with Crippen LogP contribution in [0.1, 0.15) is 31.1 Å². The summed E-state index contributed by atoms with van der Waals surface area (Å²) in [5.74, 6) is 1.31. The predicted molar refractivity (Wildman–Crippen MR) is 76.8 cm³/mol. The Balaban J connectivity index is 1.52. The maximum Gasteiger partial charge on any atom is 0.227 e. The molecular formula is C14H22N6O2. The Morgan fingerprint density at radius 2 is 2.36 bits per heavy atom. The van der Waals surface area contributed by atoms with Crippen molar-refractivity contribution in [1.29, 1.82) is 0 Å². The van der Waals surface area contributed by atoms with Gasteiger partial charge in [0.1, 0.15) is 0 Å². The van der Waals surface area contributed by atoms with Gasteiger partial charge in [-0.05, 0) is 29.7 Å². The van der Waals surface area contributed by atoms with E-state index in [4.69, 9.17) is 4.74 Å². The summed E-state index contributed by atoms with van der Waals surface area (Å²) in [6.45, 7) is 3.66. The molecule has 0 bridgehead atoms. The van der Waals surface area contributed by atoms with Crippen molar-refractivity contribution in [2.45, 2.75) is 31.8 Å². The molecule has 1 aliphatic carbocycles. The molecule has 1 aromatic rings. The molecule has 2 atom stereocenters. The van der Waals surface area contributed by atoms with Crippen molar-refractivity contribution in [3.05, 3.63) is 5.82 Å². The number of amides is 1. The average molecular weight is 306 g/mol. The topological polar surface area (TPSA) is 85.2 Å². The van der Waals surface area contributed by atoms with Crippen LogP contribution in [0.2, 0.25) is 0 Å². The number of fused-ring (bicyclic) bond motifs is 1. The van der Waals surface area contributed by atoms with E-state index in [-0.39, 0.29) is 17.2 Å². The van der Waals surface area contributed by atoms with Gasteiger partial charge in [0.2, 0.25) is 5.91 Å². The lowest BCUT2D eigenvalue weighted by Gasteiger charge is -2.36. The maximum atomic E-state index is 12.5. The number of hydrogen-bond donors (Lipinski definition) is 1. The lowest BCUT2D eigenvalue weighted by atomic mass is 9.73. The number of carbonyl (C=O) groups is 1. The van der Waals surface area contributed by atoms with Crippen molar-refractivity contribution in [1.82, 2.24) is 30.4 Å². The molecular weight excluding hydrogens is 284 g/mol. The van der Waals surface area contributed by atoms with E-state index in [2.05, 4.69) is 25.7 Å². The second kappa shape index (κ2) is 5.27. The van der Waals surface area contributed by atoms with Gasteiger partial charge >= 0.3 is 0 Å². The highest BCUT2D eigenvalue weighted by atomic mass is 16.5. The molecule has 120 valence electrons. The van der Waals surface area contributed by atoms with Gasteiger partial charge in [0, 0.05) is 32.7 Å². The fraction of sp³-hybridized carbons (Fsp3) is 0.857. The van der Waals surface area contributed by atoms with Crippen molar-refractivity contribution in [2.75, 3.05) is 33.4 Å². The van der Waals surface area contributed by atoms with Crippen molar-refractivity contribution < 1.29 is 9.53 Å². The smallest absolute Gasteiger partial charge is 0.227 e. The third-order valence-electron chi connectivity index (χ3n) is 5.28. The third-order valence-corrected chi connectivity index (χ3v) is 5.28. The number of likely N-dealkylation sites (tertiary alicyclic amines) is 1. The zero-order valence-electron chi connectivity index (χ0n) is 12.9. The van der Waals surface area contributed by atoms with Crippen LogP contribution >= 0.6 is 0 Å². The molecule has 3 fully saturated rings. The van der Waals surface area contributed by atoms with Crippen LogP contribution in [-0.4, -0.2) is 64.4 Å². The third kappa shape index (κ3) is 2.21. The molecule has 2 aliphatic heterocycles. The highest BCUT2D eigenvalue weighted by Crippen LogP contribution is 2.43. The number of carbonyl (C=O) groups excluding carboxylic acids is 1. The van der Waals surface area contributed by atoms with Gasteiger partial charge in [0.05, 0.1) is 24.6 Å². The number of aromatic nitrogens is 4. The molecule has 3 heterocycles. The Morgan fingerprint density at radius 3 is 3.14 bits per heavy atom. The van der Waals surface area contributed by atoms with E-state index in [1.54, 1.807) is 7.05 Å². The van der Waals surface area contributed by atoms with E-state index in [1.165, 1.54) is 0 Å². The number of rotatable bonds is 4. The largest absolute Gasteiger partial charge is 0.381 e. The van der Waals surface area contributed by atoms with Gasteiger partial charge in [0.25, 0.3) is 0 Å². The van der Waals surface area contributed by atoms with Gasteiger partial charge in [-0.25, -0.2) is 4.68 Å². The first-order valence-corrected chi connectivity index (χ1v) is 8.02. The van der Waals surface area contributed by atoms with E-state index in [9.17, 15) is 4.79 Å². The van der Waals surface area contributed by atoms with Crippen molar-refractivity contribution in [3.63, 3.8) is 0 Å². The maximum absolute atomic E-state index is 12.5. The standard InChI is InChI=1S/C14H22N6O2/c1-15-13(21)14-4-5-22-8-10(14)6-19(9-14)7-12-16-17-18-20(12)11-2-3-11/h10-11H,2-9H2,1H3,(H,15,21). The normalized spacial score (nSPS) is 32.0. The highest BCUT2D eigenvalue weighted by molar-refractivity contribution is 5.83. The lowest BCUT2D eigenvalue weighted by Crippen LogP contribution is -2.49. The van der Waals surface area contributed by atoms with Crippen LogP contribution in [-0.2, 0) is 16.1 Å². The molecule has 0 aromatic carbocycles. The first-order chi connectivity index (χ1) is 10.7. The summed E-state index contributed by atoms with van der Waals surface area (Å²) < 4.78 is 7.56. The summed E-state index contributed by atoms with van der Waals surface area (Å²) >= 11 is 0. The summed E-state index contributed by atoms with van der Waals surface area (Å²) in [4.78, 5) is 14.8. The molecule has 8 nitrogen and oxygen atoms in total. The first-order valence-electron chi connectivity index (χ1n) is 8.02. The van der Waals surface area contributed by atoms with Gasteiger partial charge in [0.15, 0.2) is 5.82 Å². The molecule has 4 rings (SSSR count). The van der Waals surface area contributed by atoms with E-state index < -0.39 is 0 Å². The van der Waals surface area contributed by atoms with Crippen molar-refractivity contribution in [2.24, 2.45) is 11.3 Å². The minimum absolute atomic E-state index is 0.144. The number of nitrogens with zero attached hydrogens (tertiary/aromatic N) is 5.